The minimum absolute atomic E-state index is 0.166. The van der Waals surface area contributed by atoms with Gasteiger partial charge in [-0.25, -0.2) is 4.98 Å². The molecule has 25 heavy (non-hydrogen) atoms. The summed E-state index contributed by atoms with van der Waals surface area (Å²) < 4.78 is 5.22. The first-order valence-electron chi connectivity index (χ1n) is 8.85. The summed E-state index contributed by atoms with van der Waals surface area (Å²) in [5.41, 5.74) is 2.67. The average molecular weight is 343 g/mol. The van der Waals surface area contributed by atoms with E-state index < -0.39 is 0 Å². The van der Waals surface area contributed by atoms with Gasteiger partial charge in [0.1, 0.15) is 5.76 Å². The number of hydrogen-bond donors (Lipinski definition) is 2. The molecule has 0 saturated carbocycles. The molecule has 2 aromatic rings. The molecule has 134 valence electrons. The van der Waals surface area contributed by atoms with Crippen molar-refractivity contribution in [2.24, 2.45) is 0 Å². The van der Waals surface area contributed by atoms with Crippen LogP contribution in [0.15, 0.2) is 35.1 Å². The Kier molecular flexibility index (Phi) is 5.83. The van der Waals surface area contributed by atoms with Crippen molar-refractivity contribution < 1.29 is 14.3 Å². The van der Waals surface area contributed by atoms with Gasteiger partial charge in [-0.05, 0) is 24.0 Å². The molecular formula is C19H25N3O3. The molecule has 0 spiro atoms. The molecule has 1 saturated heterocycles. The highest BCUT2D eigenvalue weighted by atomic mass is 16.3. The van der Waals surface area contributed by atoms with Gasteiger partial charge >= 0.3 is 0 Å². The lowest BCUT2D eigenvalue weighted by Gasteiger charge is -2.30. The van der Waals surface area contributed by atoms with Gasteiger partial charge in [-0.15, -0.1) is 0 Å². The quantitative estimate of drug-likeness (QED) is 0.840. The van der Waals surface area contributed by atoms with Crippen LogP contribution in [0.4, 0.5) is 0 Å². The highest BCUT2D eigenvalue weighted by Crippen LogP contribution is 2.17. The summed E-state index contributed by atoms with van der Waals surface area (Å²) in [6, 6.07) is 8.14. The number of rotatable bonds is 6. The van der Waals surface area contributed by atoms with E-state index in [2.05, 4.69) is 21.3 Å². The van der Waals surface area contributed by atoms with Gasteiger partial charge in [0.25, 0.3) is 5.91 Å². The molecule has 0 unspecified atom stereocenters. The van der Waals surface area contributed by atoms with E-state index in [1.807, 2.05) is 25.1 Å². The molecule has 1 aromatic carbocycles. The molecule has 1 amide bonds. The third-order valence-corrected chi connectivity index (χ3v) is 4.69. The first-order chi connectivity index (χ1) is 12.2. The van der Waals surface area contributed by atoms with Gasteiger partial charge in [0.15, 0.2) is 12.1 Å². The first-order valence-corrected chi connectivity index (χ1v) is 8.85. The highest BCUT2D eigenvalue weighted by Gasteiger charge is 2.19. The number of piperidine rings is 1. The maximum atomic E-state index is 12.3. The second-order valence-corrected chi connectivity index (χ2v) is 6.44. The number of aromatic nitrogens is 1. The summed E-state index contributed by atoms with van der Waals surface area (Å²) in [6.45, 7) is 5.04. The normalized spacial score (nSPS) is 16.1. The van der Waals surface area contributed by atoms with Crippen molar-refractivity contribution >= 4 is 5.91 Å². The maximum Gasteiger partial charge on any atom is 0.273 e. The van der Waals surface area contributed by atoms with Gasteiger partial charge in [-0.1, -0.05) is 31.2 Å². The van der Waals surface area contributed by atoms with Crippen molar-refractivity contribution in [1.29, 1.82) is 0 Å². The zero-order chi connectivity index (χ0) is 17.6. The second-order valence-electron chi connectivity index (χ2n) is 6.44. The van der Waals surface area contributed by atoms with Gasteiger partial charge in [0.2, 0.25) is 0 Å². The lowest BCUT2D eigenvalue weighted by Crippen LogP contribution is -2.35. The Morgan fingerprint density at radius 3 is 2.76 bits per heavy atom. The number of carbonyl (C=O) groups is 1. The monoisotopic (exact) mass is 343 g/mol. The minimum Gasteiger partial charge on any atom is -0.448 e. The minimum atomic E-state index is -0.207. The Morgan fingerprint density at radius 1 is 1.32 bits per heavy atom. The first kappa shape index (κ1) is 17.6. The molecule has 1 aliphatic heterocycles. The average Bonchev–Trinajstić information content (AvgIpc) is 3.11. The Bertz CT molecular complexity index is 705. The fourth-order valence-corrected chi connectivity index (χ4v) is 3.17. The molecule has 2 heterocycles. The van der Waals surface area contributed by atoms with Crippen LogP contribution < -0.4 is 5.32 Å². The standard InChI is InChI=1S/C19H25N3O3/c1-2-17-18(21-13-25-17)19(24)20-11-14-5-3-4-6-15(14)12-22-9-7-16(23)8-10-22/h3-6,13,16,23H,2,7-12H2,1H3,(H,20,24). The zero-order valence-corrected chi connectivity index (χ0v) is 14.6. The number of benzene rings is 1. The largest absolute Gasteiger partial charge is 0.448 e. The lowest BCUT2D eigenvalue weighted by molar-refractivity contribution is 0.0790. The maximum absolute atomic E-state index is 12.3. The van der Waals surface area contributed by atoms with Crippen molar-refractivity contribution in [2.45, 2.75) is 45.4 Å². The summed E-state index contributed by atoms with van der Waals surface area (Å²) in [7, 11) is 0. The Hall–Kier alpha value is -2.18. The predicted molar refractivity (Wildman–Crippen MR) is 94.0 cm³/mol. The predicted octanol–water partition coefficient (Wildman–Crippen LogP) is 2.12. The molecule has 0 radical (unpaired) electrons. The fraction of sp³-hybridized carbons (Fsp3) is 0.474. The summed E-state index contributed by atoms with van der Waals surface area (Å²) in [4.78, 5) is 18.7. The second kappa shape index (κ2) is 8.27. The van der Waals surface area contributed by atoms with Gasteiger partial charge in [-0.2, -0.15) is 0 Å². The Morgan fingerprint density at radius 2 is 2.04 bits per heavy atom. The van der Waals surface area contributed by atoms with Gasteiger partial charge in [-0.3, -0.25) is 9.69 Å². The van der Waals surface area contributed by atoms with Crippen LogP contribution in [0.5, 0.6) is 0 Å². The highest BCUT2D eigenvalue weighted by molar-refractivity contribution is 5.93. The number of likely N-dealkylation sites (tertiary alicyclic amines) is 1. The molecule has 1 aromatic heterocycles. The van der Waals surface area contributed by atoms with Crippen molar-refractivity contribution in [3.05, 3.63) is 53.2 Å². The molecule has 0 atom stereocenters. The third kappa shape index (κ3) is 4.46. The van der Waals surface area contributed by atoms with Crippen LogP contribution >= 0.6 is 0 Å². The van der Waals surface area contributed by atoms with E-state index in [0.717, 1.165) is 38.0 Å². The van der Waals surface area contributed by atoms with E-state index in [-0.39, 0.29) is 12.0 Å². The van der Waals surface area contributed by atoms with Crippen LogP contribution in [0.3, 0.4) is 0 Å². The van der Waals surface area contributed by atoms with Crippen LogP contribution in [-0.2, 0) is 19.5 Å². The van der Waals surface area contributed by atoms with Crippen LogP contribution in [0.2, 0.25) is 0 Å². The Labute approximate surface area is 147 Å². The lowest BCUT2D eigenvalue weighted by atomic mass is 10.0. The van der Waals surface area contributed by atoms with Crippen LogP contribution in [-0.4, -0.2) is 40.1 Å². The molecular weight excluding hydrogens is 318 g/mol. The van der Waals surface area contributed by atoms with Crippen LogP contribution in [0.25, 0.3) is 0 Å². The number of nitrogens with one attached hydrogen (secondary N) is 1. The molecule has 1 aliphatic rings. The Balaban J connectivity index is 1.62. The molecule has 0 aliphatic carbocycles. The fourth-order valence-electron chi connectivity index (χ4n) is 3.17. The third-order valence-electron chi connectivity index (χ3n) is 4.69. The molecule has 6 heteroatoms. The van der Waals surface area contributed by atoms with Crippen molar-refractivity contribution in [1.82, 2.24) is 15.2 Å². The van der Waals surface area contributed by atoms with E-state index in [0.29, 0.717) is 24.4 Å². The van der Waals surface area contributed by atoms with E-state index in [4.69, 9.17) is 4.42 Å². The molecule has 0 bridgehead atoms. The van der Waals surface area contributed by atoms with Crippen molar-refractivity contribution in [2.75, 3.05) is 13.1 Å². The molecule has 3 rings (SSSR count). The van der Waals surface area contributed by atoms with Gasteiger partial charge in [0, 0.05) is 32.6 Å². The van der Waals surface area contributed by atoms with Crippen LogP contribution in [0.1, 0.15) is 47.1 Å². The SMILES string of the molecule is CCc1ocnc1C(=O)NCc1ccccc1CN1CCC(O)CC1. The smallest absolute Gasteiger partial charge is 0.273 e. The van der Waals surface area contributed by atoms with Crippen molar-refractivity contribution in [3.8, 4) is 0 Å². The number of aliphatic hydroxyl groups excluding tert-OH is 1. The number of oxazole rings is 1. The number of amides is 1. The van der Waals surface area contributed by atoms with E-state index in [1.54, 1.807) is 0 Å². The summed E-state index contributed by atoms with van der Waals surface area (Å²) in [5.74, 6) is 0.402. The van der Waals surface area contributed by atoms with Gasteiger partial charge in [0.05, 0.1) is 6.10 Å². The van der Waals surface area contributed by atoms with E-state index in [9.17, 15) is 9.90 Å². The van der Waals surface area contributed by atoms with Crippen LogP contribution in [0, 0.1) is 0 Å². The number of carbonyl (C=O) groups excluding carboxylic acids is 1. The van der Waals surface area contributed by atoms with E-state index in [1.165, 1.54) is 12.0 Å². The molecule has 2 N–H and O–H groups in total. The summed E-state index contributed by atoms with van der Waals surface area (Å²) in [6.07, 6.45) is 3.43. The number of aliphatic hydroxyl groups is 1. The summed E-state index contributed by atoms with van der Waals surface area (Å²) >= 11 is 0. The molecule has 6 nitrogen and oxygen atoms in total. The number of nitrogens with zero attached hydrogens (tertiary/aromatic N) is 2. The van der Waals surface area contributed by atoms with Crippen molar-refractivity contribution in [3.63, 3.8) is 0 Å². The number of aryl methyl sites for hydroxylation is 1. The zero-order valence-electron chi connectivity index (χ0n) is 14.6. The van der Waals surface area contributed by atoms with E-state index >= 15 is 0 Å². The van der Waals surface area contributed by atoms with Gasteiger partial charge < -0.3 is 14.8 Å². The number of hydrogen-bond acceptors (Lipinski definition) is 5. The summed E-state index contributed by atoms with van der Waals surface area (Å²) in [5, 5.41) is 12.6. The topological polar surface area (TPSA) is 78.6 Å². The molecule has 1 fully saturated rings.